The molecule has 0 fully saturated rings. The fourth-order valence-corrected chi connectivity index (χ4v) is 4.05. The zero-order valence-electron chi connectivity index (χ0n) is 9.06. The normalized spacial score (nSPS) is 20.9. The second kappa shape index (κ2) is 5.14. The molecule has 0 saturated heterocycles. The van der Waals surface area contributed by atoms with E-state index >= 15 is 0 Å². The molecular formula is C11H9Br2NO3S. The van der Waals surface area contributed by atoms with E-state index in [-0.39, 0.29) is 11.7 Å². The Kier molecular flexibility index (Phi) is 3.93. The van der Waals surface area contributed by atoms with Gasteiger partial charge in [0.25, 0.3) is 5.91 Å². The molecule has 1 heterocycles. The van der Waals surface area contributed by atoms with Crippen LogP contribution in [0.4, 0.5) is 0 Å². The maximum absolute atomic E-state index is 12.0. The standard InChI is InChI=1S/C11H9Br2NO3S/c12-7-1-2-9(10(13)5-7)11(15)14-8-3-4-18(16,17)6-8/h1-5,8H,6H2,(H,14,15). The Morgan fingerprint density at radius 1 is 1.33 bits per heavy atom. The van der Waals surface area contributed by atoms with Crippen molar-refractivity contribution in [2.24, 2.45) is 0 Å². The summed E-state index contributed by atoms with van der Waals surface area (Å²) < 4.78 is 23.9. The van der Waals surface area contributed by atoms with E-state index in [0.29, 0.717) is 10.0 Å². The molecule has 1 amide bonds. The number of carbonyl (C=O) groups is 1. The quantitative estimate of drug-likeness (QED) is 0.836. The van der Waals surface area contributed by atoms with Crippen molar-refractivity contribution in [3.05, 3.63) is 44.2 Å². The van der Waals surface area contributed by atoms with Crippen molar-refractivity contribution in [1.82, 2.24) is 5.32 Å². The molecule has 1 aromatic carbocycles. The summed E-state index contributed by atoms with van der Waals surface area (Å²) in [4.78, 5) is 12.0. The lowest BCUT2D eigenvalue weighted by atomic mass is 10.2. The molecule has 0 bridgehead atoms. The molecule has 96 valence electrons. The molecule has 2 rings (SSSR count). The molecule has 1 aliphatic rings. The molecule has 7 heteroatoms. The van der Waals surface area contributed by atoms with E-state index in [1.54, 1.807) is 18.2 Å². The van der Waals surface area contributed by atoms with Gasteiger partial charge in [0, 0.05) is 14.4 Å². The largest absolute Gasteiger partial charge is 0.345 e. The second-order valence-corrected chi connectivity index (χ2v) is 7.56. The van der Waals surface area contributed by atoms with Gasteiger partial charge in [-0.1, -0.05) is 15.9 Å². The Morgan fingerprint density at radius 3 is 2.61 bits per heavy atom. The molecule has 1 unspecified atom stereocenters. The van der Waals surface area contributed by atoms with E-state index in [0.717, 1.165) is 9.88 Å². The first-order valence-corrected chi connectivity index (χ1v) is 8.34. The first kappa shape index (κ1) is 13.8. The molecule has 0 aromatic heterocycles. The number of amides is 1. The van der Waals surface area contributed by atoms with Gasteiger partial charge in [0.1, 0.15) is 0 Å². The maximum atomic E-state index is 12.0. The van der Waals surface area contributed by atoms with Crippen molar-refractivity contribution in [3.8, 4) is 0 Å². The number of sulfone groups is 1. The summed E-state index contributed by atoms with van der Waals surface area (Å²) in [5.41, 5.74) is 0.468. The summed E-state index contributed by atoms with van der Waals surface area (Å²) in [5.74, 6) is -0.381. The van der Waals surface area contributed by atoms with Crippen LogP contribution in [0.2, 0.25) is 0 Å². The molecule has 4 nitrogen and oxygen atoms in total. The van der Waals surface area contributed by atoms with Gasteiger partial charge in [-0.05, 0) is 40.2 Å². The number of nitrogens with one attached hydrogen (secondary N) is 1. The average Bonchev–Trinajstić information content (AvgIpc) is 2.57. The van der Waals surface area contributed by atoms with Gasteiger partial charge in [-0.3, -0.25) is 4.79 Å². The zero-order valence-corrected chi connectivity index (χ0v) is 13.0. The van der Waals surface area contributed by atoms with E-state index in [2.05, 4.69) is 37.2 Å². The predicted molar refractivity (Wildman–Crippen MR) is 76.0 cm³/mol. The molecule has 1 aliphatic heterocycles. The number of hydrogen-bond acceptors (Lipinski definition) is 3. The molecule has 0 saturated carbocycles. The van der Waals surface area contributed by atoms with Gasteiger partial charge >= 0.3 is 0 Å². The Bertz CT molecular complexity index is 625. The van der Waals surface area contributed by atoms with E-state index in [9.17, 15) is 13.2 Å². The predicted octanol–water partition coefficient (Wildman–Crippen LogP) is 2.25. The molecule has 18 heavy (non-hydrogen) atoms. The topological polar surface area (TPSA) is 63.2 Å². The lowest BCUT2D eigenvalue weighted by Crippen LogP contribution is -2.35. The van der Waals surface area contributed by atoms with Crippen LogP contribution in [-0.4, -0.2) is 26.1 Å². The van der Waals surface area contributed by atoms with Crippen molar-refractivity contribution >= 4 is 47.6 Å². The van der Waals surface area contributed by atoms with E-state index in [4.69, 9.17) is 0 Å². The van der Waals surface area contributed by atoms with E-state index in [1.165, 1.54) is 6.08 Å². The highest BCUT2D eigenvalue weighted by molar-refractivity contribution is 9.11. The molecule has 1 atom stereocenters. The van der Waals surface area contributed by atoms with Crippen molar-refractivity contribution in [2.45, 2.75) is 6.04 Å². The minimum atomic E-state index is -3.15. The third-order valence-corrected chi connectivity index (χ3v) is 4.97. The van der Waals surface area contributed by atoms with E-state index in [1.807, 2.05) is 0 Å². The highest BCUT2D eigenvalue weighted by Gasteiger charge is 2.23. The van der Waals surface area contributed by atoms with Crippen LogP contribution in [0.5, 0.6) is 0 Å². The minimum Gasteiger partial charge on any atom is -0.345 e. The Balaban J connectivity index is 2.12. The summed E-state index contributed by atoms with van der Waals surface area (Å²) in [7, 11) is -3.15. The van der Waals surface area contributed by atoms with Crippen LogP contribution in [-0.2, 0) is 9.84 Å². The van der Waals surface area contributed by atoms with Gasteiger partial charge in [0.05, 0.1) is 17.4 Å². The van der Waals surface area contributed by atoms with Gasteiger partial charge in [-0.2, -0.15) is 0 Å². The lowest BCUT2D eigenvalue weighted by molar-refractivity contribution is 0.0947. The number of hydrogen-bond donors (Lipinski definition) is 1. The lowest BCUT2D eigenvalue weighted by Gasteiger charge is -2.11. The van der Waals surface area contributed by atoms with Gasteiger partial charge in [-0.25, -0.2) is 8.42 Å². The highest BCUT2D eigenvalue weighted by atomic mass is 79.9. The molecular weight excluding hydrogens is 386 g/mol. The third-order valence-electron chi connectivity index (χ3n) is 2.42. The minimum absolute atomic E-state index is 0.0765. The molecule has 0 radical (unpaired) electrons. The fraction of sp³-hybridized carbons (Fsp3) is 0.182. The molecule has 1 N–H and O–H groups in total. The third kappa shape index (κ3) is 3.21. The van der Waals surface area contributed by atoms with Crippen LogP contribution in [0.25, 0.3) is 0 Å². The molecule has 0 spiro atoms. The van der Waals surface area contributed by atoms with Crippen LogP contribution in [0, 0.1) is 0 Å². The van der Waals surface area contributed by atoms with Gasteiger partial charge in [0.2, 0.25) is 0 Å². The first-order valence-electron chi connectivity index (χ1n) is 5.04. The Labute approximate surface area is 122 Å². The monoisotopic (exact) mass is 393 g/mol. The van der Waals surface area contributed by atoms with Gasteiger partial charge < -0.3 is 5.32 Å². The average molecular weight is 395 g/mol. The summed E-state index contributed by atoms with van der Waals surface area (Å²) in [6.07, 6.45) is 1.49. The second-order valence-electron chi connectivity index (χ2n) is 3.86. The van der Waals surface area contributed by atoms with Crippen LogP contribution < -0.4 is 5.32 Å². The number of benzene rings is 1. The van der Waals surface area contributed by atoms with Gasteiger partial charge in [-0.15, -0.1) is 0 Å². The Hall–Kier alpha value is -0.660. The Morgan fingerprint density at radius 2 is 2.06 bits per heavy atom. The first-order chi connectivity index (χ1) is 8.37. The summed E-state index contributed by atoms with van der Waals surface area (Å²) in [6.45, 7) is 0. The summed E-state index contributed by atoms with van der Waals surface area (Å²) >= 11 is 6.59. The van der Waals surface area contributed by atoms with Crippen molar-refractivity contribution in [3.63, 3.8) is 0 Å². The molecule has 0 aliphatic carbocycles. The van der Waals surface area contributed by atoms with Gasteiger partial charge in [0.15, 0.2) is 9.84 Å². The van der Waals surface area contributed by atoms with Crippen molar-refractivity contribution < 1.29 is 13.2 Å². The summed E-state index contributed by atoms with van der Waals surface area (Å²) in [5, 5.41) is 3.79. The van der Waals surface area contributed by atoms with Crippen LogP contribution in [0.3, 0.4) is 0 Å². The molecule has 1 aromatic rings. The highest BCUT2D eigenvalue weighted by Crippen LogP contribution is 2.22. The number of halogens is 2. The van der Waals surface area contributed by atoms with Crippen LogP contribution >= 0.6 is 31.9 Å². The SMILES string of the molecule is O=C(NC1C=CS(=O)(=O)C1)c1ccc(Br)cc1Br. The van der Waals surface area contributed by atoms with Crippen molar-refractivity contribution in [2.75, 3.05) is 5.75 Å². The smallest absolute Gasteiger partial charge is 0.252 e. The maximum Gasteiger partial charge on any atom is 0.252 e. The fourth-order valence-electron chi connectivity index (χ4n) is 1.59. The van der Waals surface area contributed by atoms with E-state index < -0.39 is 15.9 Å². The number of rotatable bonds is 2. The zero-order chi connectivity index (χ0) is 13.3. The van der Waals surface area contributed by atoms with Crippen LogP contribution in [0.15, 0.2) is 38.6 Å². The van der Waals surface area contributed by atoms with Crippen molar-refractivity contribution in [1.29, 1.82) is 0 Å². The van der Waals surface area contributed by atoms with Crippen LogP contribution in [0.1, 0.15) is 10.4 Å². The number of carbonyl (C=O) groups excluding carboxylic acids is 1. The summed E-state index contributed by atoms with van der Waals surface area (Å²) in [6, 6.07) is 4.71.